The van der Waals surface area contributed by atoms with E-state index in [0.29, 0.717) is 24.6 Å². The van der Waals surface area contributed by atoms with Crippen LogP contribution in [0.3, 0.4) is 0 Å². The molecule has 3 rings (SSSR count). The Morgan fingerprint density at radius 1 is 1.15 bits per heavy atom. The van der Waals surface area contributed by atoms with E-state index in [9.17, 15) is 13.2 Å². The molecule has 0 unspecified atom stereocenters. The molecule has 7 heteroatoms. The van der Waals surface area contributed by atoms with Gasteiger partial charge in [-0.2, -0.15) is 0 Å². The summed E-state index contributed by atoms with van der Waals surface area (Å²) in [4.78, 5) is 14.5. The lowest BCUT2D eigenvalue weighted by Gasteiger charge is -2.25. The number of hydrogen-bond donors (Lipinski definition) is 0. The molecule has 0 saturated carbocycles. The molecule has 6 nitrogen and oxygen atoms in total. The van der Waals surface area contributed by atoms with Crippen LogP contribution >= 0.6 is 0 Å². The van der Waals surface area contributed by atoms with Gasteiger partial charge in [-0.25, -0.2) is 8.42 Å². The van der Waals surface area contributed by atoms with Gasteiger partial charge in [-0.1, -0.05) is 18.2 Å². The van der Waals surface area contributed by atoms with Crippen LogP contribution in [0.15, 0.2) is 48.5 Å². The fourth-order valence-electron chi connectivity index (χ4n) is 3.08. The molecule has 138 valence electrons. The number of para-hydroxylation sites is 1. The Bertz CT molecular complexity index is 894. The first-order valence-electron chi connectivity index (χ1n) is 8.49. The predicted octanol–water partition coefficient (Wildman–Crippen LogP) is 2.44. The van der Waals surface area contributed by atoms with Crippen LogP contribution in [0.2, 0.25) is 0 Å². The average molecular weight is 374 g/mol. The van der Waals surface area contributed by atoms with E-state index in [1.54, 1.807) is 29.2 Å². The molecule has 2 aromatic carbocycles. The number of hydrogen-bond acceptors (Lipinski definition) is 4. The van der Waals surface area contributed by atoms with Crippen molar-refractivity contribution in [2.75, 3.05) is 35.2 Å². The fraction of sp³-hybridized carbons (Fsp3) is 0.316. The maximum absolute atomic E-state index is 12.8. The SMILES string of the molecule is CCOc1ccc(N(CC(=O)N2CCc3ccccc32)S(C)(=O)=O)cc1. The molecular formula is C19H22N2O4S. The first-order valence-corrected chi connectivity index (χ1v) is 10.3. The second-order valence-electron chi connectivity index (χ2n) is 6.12. The number of carbonyl (C=O) groups excluding carboxylic acids is 1. The Hall–Kier alpha value is -2.54. The molecule has 0 atom stereocenters. The van der Waals surface area contributed by atoms with E-state index in [1.165, 1.54) is 0 Å². The van der Waals surface area contributed by atoms with E-state index in [2.05, 4.69) is 0 Å². The van der Waals surface area contributed by atoms with Gasteiger partial charge in [-0.3, -0.25) is 9.10 Å². The fourth-order valence-corrected chi connectivity index (χ4v) is 3.93. The summed E-state index contributed by atoms with van der Waals surface area (Å²) in [6.45, 7) is 2.74. The molecule has 0 aliphatic carbocycles. The highest BCUT2D eigenvalue weighted by Crippen LogP contribution is 2.28. The van der Waals surface area contributed by atoms with Crippen LogP contribution in [0, 0.1) is 0 Å². The molecule has 0 bridgehead atoms. The van der Waals surface area contributed by atoms with E-state index in [4.69, 9.17) is 4.74 Å². The van der Waals surface area contributed by atoms with Crippen molar-refractivity contribution in [1.82, 2.24) is 0 Å². The zero-order chi connectivity index (χ0) is 18.7. The molecule has 0 fully saturated rings. The Morgan fingerprint density at radius 3 is 2.50 bits per heavy atom. The maximum atomic E-state index is 12.8. The second kappa shape index (κ2) is 7.37. The standard InChI is InChI=1S/C19H22N2O4S/c1-3-25-17-10-8-16(9-11-17)21(26(2,23)24)14-19(22)20-13-12-15-6-4-5-7-18(15)20/h4-11H,3,12-14H2,1-2H3. The van der Waals surface area contributed by atoms with Crippen LogP contribution in [0.25, 0.3) is 0 Å². The summed E-state index contributed by atoms with van der Waals surface area (Å²) in [5, 5.41) is 0. The summed E-state index contributed by atoms with van der Waals surface area (Å²) in [5.74, 6) is 0.416. The number of benzene rings is 2. The van der Waals surface area contributed by atoms with Crippen LogP contribution in [0.1, 0.15) is 12.5 Å². The molecule has 2 aromatic rings. The summed E-state index contributed by atoms with van der Waals surface area (Å²) in [7, 11) is -3.60. The highest BCUT2D eigenvalue weighted by atomic mass is 32.2. The first kappa shape index (κ1) is 18.3. The Labute approximate surface area is 154 Å². The summed E-state index contributed by atoms with van der Waals surface area (Å²) < 4.78 is 31.0. The molecule has 1 aliphatic rings. The summed E-state index contributed by atoms with van der Waals surface area (Å²) >= 11 is 0. The minimum atomic E-state index is -3.60. The number of ether oxygens (including phenoxy) is 1. The number of carbonyl (C=O) groups is 1. The van der Waals surface area contributed by atoms with Crippen LogP contribution in [0.5, 0.6) is 5.75 Å². The van der Waals surface area contributed by atoms with Gasteiger partial charge < -0.3 is 9.64 Å². The largest absolute Gasteiger partial charge is 0.494 e. The lowest BCUT2D eigenvalue weighted by atomic mass is 10.2. The number of sulfonamides is 1. The van der Waals surface area contributed by atoms with Crippen molar-refractivity contribution in [2.45, 2.75) is 13.3 Å². The van der Waals surface area contributed by atoms with Gasteiger partial charge in [0.25, 0.3) is 0 Å². The molecule has 26 heavy (non-hydrogen) atoms. The number of fused-ring (bicyclic) bond motifs is 1. The highest BCUT2D eigenvalue weighted by molar-refractivity contribution is 7.92. The molecular weight excluding hydrogens is 352 g/mol. The minimum Gasteiger partial charge on any atom is -0.494 e. The van der Waals surface area contributed by atoms with E-state index < -0.39 is 10.0 Å². The number of rotatable bonds is 6. The van der Waals surface area contributed by atoms with Gasteiger partial charge in [0.2, 0.25) is 15.9 Å². The number of anilines is 2. The molecule has 0 radical (unpaired) electrons. The quantitative estimate of drug-likeness (QED) is 0.779. The summed E-state index contributed by atoms with van der Waals surface area (Å²) in [6.07, 6.45) is 1.89. The van der Waals surface area contributed by atoms with Gasteiger partial charge in [-0.05, 0) is 49.2 Å². The molecule has 0 aromatic heterocycles. The van der Waals surface area contributed by atoms with Crippen LogP contribution < -0.4 is 13.9 Å². The van der Waals surface area contributed by atoms with Crippen LogP contribution in [-0.4, -0.2) is 40.3 Å². The van der Waals surface area contributed by atoms with Gasteiger partial charge >= 0.3 is 0 Å². The van der Waals surface area contributed by atoms with Crippen molar-refractivity contribution in [3.63, 3.8) is 0 Å². The first-order chi connectivity index (χ1) is 12.4. The smallest absolute Gasteiger partial charge is 0.247 e. The zero-order valence-electron chi connectivity index (χ0n) is 14.9. The van der Waals surface area contributed by atoms with Crippen molar-refractivity contribution in [2.24, 2.45) is 0 Å². The van der Waals surface area contributed by atoms with Crippen molar-refractivity contribution < 1.29 is 17.9 Å². The normalized spacial score (nSPS) is 13.4. The van der Waals surface area contributed by atoms with E-state index >= 15 is 0 Å². The molecule has 0 spiro atoms. The molecule has 1 amide bonds. The monoisotopic (exact) mass is 374 g/mol. The van der Waals surface area contributed by atoms with Crippen LogP contribution in [0.4, 0.5) is 11.4 Å². The topological polar surface area (TPSA) is 66.9 Å². The maximum Gasteiger partial charge on any atom is 0.247 e. The van der Waals surface area contributed by atoms with E-state index in [1.807, 2.05) is 31.2 Å². The minimum absolute atomic E-state index is 0.235. The van der Waals surface area contributed by atoms with Gasteiger partial charge in [0.15, 0.2) is 0 Å². The summed E-state index contributed by atoms with van der Waals surface area (Å²) in [5.41, 5.74) is 2.40. The van der Waals surface area contributed by atoms with Crippen molar-refractivity contribution >= 4 is 27.3 Å². The zero-order valence-corrected chi connectivity index (χ0v) is 15.7. The Balaban J connectivity index is 1.83. The van der Waals surface area contributed by atoms with Gasteiger partial charge in [-0.15, -0.1) is 0 Å². The molecule has 0 N–H and O–H groups in total. The summed E-state index contributed by atoms with van der Waals surface area (Å²) in [6, 6.07) is 14.4. The van der Waals surface area contributed by atoms with Crippen molar-refractivity contribution in [3.8, 4) is 5.75 Å². The molecule has 0 saturated heterocycles. The second-order valence-corrected chi connectivity index (χ2v) is 8.03. The highest BCUT2D eigenvalue weighted by Gasteiger charge is 2.28. The van der Waals surface area contributed by atoms with Gasteiger partial charge in [0.05, 0.1) is 18.6 Å². The lowest BCUT2D eigenvalue weighted by molar-refractivity contribution is -0.117. The van der Waals surface area contributed by atoms with Gasteiger partial charge in [0, 0.05) is 12.2 Å². The number of nitrogens with zero attached hydrogens (tertiary/aromatic N) is 2. The third-order valence-corrected chi connectivity index (χ3v) is 5.44. The Kier molecular flexibility index (Phi) is 5.18. The molecule has 1 heterocycles. The van der Waals surface area contributed by atoms with Gasteiger partial charge in [0.1, 0.15) is 12.3 Å². The van der Waals surface area contributed by atoms with E-state index in [-0.39, 0.29) is 12.5 Å². The van der Waals surface area contributed by atoms with E-state index in [0.717, 1.165) is 28.2 Å². The average Bonchev–Trinajstić information content (AvgIpc) is 3.04. The third kappa shape index (κ3) is 3.83. The van der Waals surface area contributed by atoms with Crippen molar-refractivity contribution in [1.29, 1.82) is 0 Å². The lowest BCUT2D eigenvalue weighted by Crippen LogP contribution is -2.42. The predicted molar refractivity (Wildman–Crippen MR) is 102 cm³/mol. The Morgan fingerprint density at radius 2 is 1.85 bits per heavy atom. The van der Waals surface area contributed by atoms with Crippen molar-refractivity contribution in [3.05, 3.63) is 54.1 Å². The van der Waals surface area contributed by atoms with Crippen LogP contribution in [-0.2, 0) is 21.2 Å². The third-order valence-electron chi connectivity index (χ3n) is 4.30. The number of amides is 1. The molecule has 1 aliphatic heterocycles.